The van der Waals surface area contributed by atoms with E-state index in [0.717, 1.165) is 17.2 Å². The number of rotatable bonds is 11. The largest absolute Gasteiger partial charge is 0.481 e. The van der Waals surface area contributed by atoms with Gasteiger partial charge in [0.2, 0.25) is 11.8 Å². The molecule has 0 aliphatic heterocycles. The Morgan fingerprint density at radius 1 is 1.00 bits per heavy atom. The van der Waals surface area contributed by atoms with Crippen molar-refractivity contribution in [2.45, 2.75) is 58.5 Å². The highest BCUT2D eigenvalue weighted by atomic mass is 19.2. The Balaban J connectivity index is 1.91. The zero-order valence-corrected chi connectivity index (χ0v) is 21.6. The molecule has 0 aliphatic carbocycles. The van der Waals surface area contributed by atoms with Crippen molar-refractivity contribution in [2.24, 2.45) is 0 Å². The van der Waals surface area contributed by atoms with Crippen molar-refractivity contribution in [1.82, 2.24) is 15.6 Å². The highest BCUT2D eigenvalue weighted by Crippen LogP contribution is 2.33. The normalized spacial score (nSPS) is 12.4. The minimum Gasteiger partial charge on any atom is -0.481 e. The fraction of sp³-hybridized carbons (Fsp3) is 0.310. The number of aliphatic carboxylic acids is 1. The molecule has 38 heavy (non-hydrogen) atoms. The average molecular weight is 524 g/mol. The molecular weight excluding hydrogens is 492 g/mol. The van der Waals surface area contributed by atoms with E-state index in [1.807, 2.05) is 39.0 Å². The quantitative estimate of drug-likeness (QED) is 0.335. The number of nitrogens with one attached hydrogen (secondary N) is 2. The third kappa shape index (κ3) is 7.21. The number of nitrogens with zero attached hydrogens (tertiary/aromatic N) is 1. The molecule has 0 aliphatic rings. The fourth-order valence-electron chi connectivity index (χ4n) is 4.43. The summed E-state index contributed by atoms with van der Waals surface area (Å²) >= 11 is 0. The second-order valence-electron chi connectivity index (χ2n) is 9.19. The molecular formula is C29H31F2N3O4. The number of carboxylic acids is 1. The van der Waals surface area contributed by atoms with Crippen LogP contribution in [-0.4, -0.2) is 33.9 Å². The van der Waals surface area contributed by atoms with Gasteiger partial charge in [-0.05, 0) is 66.8 Å². The Bertz CT molecular complexity index is 1290. The van der Waals surface area contributed by atoms with E-state index in [1.165, 1.54) is 6.07 Å². The van der Waals surface area contributed by atoms with Crippen LogP contribution in [0.3, 0.4) is 0 Å². The second-order valence-corrected chi connectivity index (χ2v) is 9.19. The van der Waals surface area contributed by atoms with Crippen molar-refractivity contribution >= 4 is 17.8 Å². The topological polar surface area (TPSA) is 108 Å². The van der Waals surface area contributed by atoms with E-state index in [0.29, 0.717) is 23.2 Å². The maximum Gasteiger partial charge on any atom is 0.305 e. The minimum atomic E-state index is -1.37. The van der Waals surface area contributed by atoms with Crippen LogP contribution in [0.2, 0.25) is 0 Å². The first-order valence-corrected chi connectivity index (χ1v) is 12.4. The van der Waals surface area contributed by atoms with E-state index in [-0.39, 0.29) is 18.4 Å². The van der Waals surface area contributed by atoms with Crippen LogP contribution in [0.25, 0.3) is 11.1 Å². The van der Waals surface area contributed by atoms with Crippen molar-refractivity contribution in [2.75, 3.05) is 0 Å². The number of aryl methyl sites for hydroxylation is 2. The molecule has 3 N–H and O–H groups in total. The van der Waals surface area contributed by atoms with E-state index in [9.17, 15) is 23.9 Å². The molecule has 3 aromatic rings. The van der Waals surface area contributed by atoms with Gasteiger partial charge in [0.15, 0.2) is 11.6 Å². The van der Waals surface area contributed by atoms with Crippen LogP contribution in [0, 0.1) is 25.5 Å². The van der Waals surface area contributed by atoms with Gasteiger partial charge in [-0.3, -0.25) is 19.4 Å². The van der Waals surface area contributed by atoms with Crippen molar-refractivity contribution in [3.05, 3.63) is 88.7 Å². The van der Waals surface area contributed by atoms with E-state index in [1.54, 1.807) is 24.4 Å². The average Bonchev–Trinajstić information content (AvgIpc) is 2.85. The first-order chi connectivity index (χ1) is 18.1. The summed E-state index contributed by atoms with van der Waals surface area (Å²) in [6, 6.07) is 10.7. The van der Waals surface area contributed by atoms with Crippen LogP contribution in [0.4, 0.5) is 8.78 Å². The number of amides is 2. The molecule has 9 heteroatoms. The van der Waals surface area contributed by atoms with E-state index < -0.39 is 47.9 Å². The van der Waals surface area contributed by atoms with E-state index >= 15 is 4.39 Å². The van der Waals surface area contributed by atoms with Crippen molar-refractivity contribution in [1.29, 1.82) is 0 Å². The number of hydrogen-bond acceptors (Lipinski definition) is 4. The molecule has 200 valence electrons. The lowest BCUT2D eigenvalue weighted by molar-refractivity contribution is -0.138. The van der Waals surface area contributed by atoms with Gasteiger partial charge in [0.05, 0.1) is 18.9 Å². The lowest BCUT2D eigenvalue weighted by atomic mass is 9.92. The first kappa shape index (κ1) is 28.4. The Morgan fingerprint density at radius 2 is 1.71 bits per heavy atom. The van der Waals surface area contributed by atoms with Crippen molar-refractivity contribution in [3.8, 4) is 11.1 Å². The number of aromatic nitrogens is 1. The smallest absolute Gasteiger partial charge is 0.305 e. The number of halogens is 2. The molecule has 1 unspecified atom stereocenters. The fourth-order valence-corrected chi connectivity index (χ4v) is 4.43. The van der Waals surface area contributed by atoms with Crippen LogP contribution in [-0.2, 0) is 20.8 Å². The van der Waals surface area contributed by atoms with Crippen LogP contribution in [0.5, 0.6) is 0 Å². The Hall–Kier alpha value is -4.14. The van der Waals surface area contributed by atoms with Gasteiger partial charge in [0.1, 0.15) is 6.04 Å². The zero-order chi connectivity index (χ0) is 27.8. The molecule has 2 atom stereocenters. The van der Waals surface area contributed by atoms with E-state index in [4.69, 9.17) is 0 Å². The van der Waals surface area contributed by atoms with Gasteiger partial charge in [-0.25, -0.2) is 8.78 Å². The van der Waals surface area contributed by atoms with Crippen LogP contribution in [0.1, 0.15) is 54.6 Å². The molecule has 2 amide bonds. The number of carbonyl (C=O) groups is 3. The van der Waals surface area contributed by atoms with Gasteiger partial charge < -0.3 is 15.7 Å². The molecule has 2 aromatic carbocycles. The number of carbonyl (C=O) groups excluding carboxylic acids is 2. The molecule has 0 fully saturated rings. The summed E-state index contributed by atoms with van der Waals surface area (Å²) in [4.78, 5) is 41.5. The minimum absolute atomic E-state index is 0.0510. The number of pyridine rings is 1. The lowest BCUT2D eigenvalue weighted by Gasteiger charge is -2.24. The van der Waals surface area contributed by atoms with Crippen molar-refractivity contribution < 1.29 is 28.3 Å². The molecule has 0 bridgehead atoms. The number of hydrogen-bond donors (Lipinski definition) is 3. The second kappa shape index (κ2) is 12.9. The Morgan fingerprint density at radius 3 is 2.32 bits per heavy atom. The number of benzene rings is 2. The summed E-state index contributed by atoms with van der Waals surface area (Å²) in [5, 5.41) is 14.7. The van der Waals surface area contributed by atoms with Crippen molar-refractivity contribution in [3.63, 3.8) is 0 Å². The predicted octanol–water partition coefficient (Wildman–Crippen LogP) is 4.80. The van der Waals surface area contributed by atoms with Gasteiger partial charge in [-0.15, -0.1) is 0 Å². The molecule has 0 saturated heterocycles. The monoisotopic (exact) mass is 523 g/mol. The lowest BCUT2D eigenvalue weighted by Crippen LogP contribution is -2.48. The van der Waals surface area contributed by atoms with Crippen LogP contribution in [0.15, 0.2) is 54.7 Å². The van der Waals surface area contributed by atoms with E-state index in [2.05, 4.69) is 15.6 Å². The standard InChI is InChI=1S/C29H31F2N3O4/c1-4-8-23(33-25(35)15-20-11-5-6-12-32-20)29(38)34-24(16-26(36)37)21-13-19(14-22(30)28(21)31)27-17(2)9-7-10-18(27)3/h5-7,9-14,23-24H,4,8,15-16H2,1-3H3,(H,33,35)(H,34,38)(H,36,37)/t23-,24?/m0/s1. The summed E-state index contributed by atoms with van der Waals surface area (Å²) in [7, 11) is 0. The van der Waals surface area contributed by atoms with Crippen LogP contribution >= 0.6 is 0 Å². The number of carboxylic acid groups (broad SMARTS) is 1. The van der Waals surface area contributed by atoms with Crippen LogP contribution < -0.4 is 10.6 Å². The Labute approximate surface area is 220 Å². The van der Waals surface area contributed by atoms with Gasteiger partial charge in [-0.1, -0.05) is 37.6 Å². The van der Waals surface area contributed by atoms with Gasteiger partial charge in [0, 0.05) is 17.5 Å². The Kier molecular flexibility index (Phi) is 9.65. The van der Waals surface area contributed by atoms with Gasteiger partial charge >= 0.3 is 5.97 Å². The summed E-state index contributed by atoms with van der Waals surface area (Å²) < 4.78 is 29.8. The SMILES string of the molecule is CCC[C@H](NC(=O)Cc1ccccn1)C(=O)NC(CC(=O)O)c1cc(-c2c(C)cccc2C)cc(F)c1F. The molecule has 7 nitrogen and oxygen atoms in total. The van der Waals surface area contributed by atoms with Gasteiger partial charge in [-0.2, -0.15) is 0 Å². The molecule has 0 radical (unpaired) electrons. The molecule has 0 spiro atoms. The molecule has 1 aromatic heterocycles. The highest BCUT2D eigenvalue weighted by Gasteiger charge is 2.28. The predicted molar refractivity (Wildman–Crippen MR) is 139 cm³/mol. The first-order valence-electron chi connectivity index (χ1n) is 12.4. The summed E-state index contributed by atoms with van der Waals surface area (Å²) in [6.45, 7) is 5.49. The molecule has 3 rings (SSSR count). The maximum atomic E-state index is 15.1. The highest BCUT2D eigenvalue weighted by molar-refractivity contribution is 5.89. The summed E-state index contributed by atoms with van der Waals surface area (Å²) in [5.41, 5.74) is 2.96. The maximum absolute atomic E-state index is 15.1. The summed E-state index contributed by atoms with van der Waals surface area (Å²) in [5.74, 6) is -4.83. The third-order valence-corrected chi connectivity index (χ3v) is 6.19. The third-order valence-electron chi connectivity index (χ3n) is 6.19. The van der Waals surface area contributed by atoms with Gasteiger partial charge in [0.25, 0.3) is 0 Å². The molecule has 0 saturated carbocycles. The summed E-state index contributed by atoms with van der Waals surface area (Å²) in [6.07, 6.45) is 1.62. The zero-order valence-electron chi connectivity index (χ0n) is 21.6. The molecule has 1 heterocycles.